The Labute approximate surface area is 129 Å². The predicted octanol–water partition coefficient (Wildman–Crippen LogP) is 3.80. The lowest BCUT2D eigenvalue weighted by Crippen LogP contribution is -2.32. The monoisotopic (exact) mass is 313 g/mol. The van der Waals surface area contributed by atoms with Gasteiger partial charge in [-0.2, -0.15) is 0 Å². The Morgan fingerprint density at radius 3 is 2.90 bits per heavy atom. The molecule has 21 heavy (non-hydrogen) atoms. The zero-order valence-corrected chi connectivity index (χ0v) is 13.0. The molecule has 1 aliphatic carbocycles. The van der Waals surface area contributed by atoms with E-state index in [9.17, 15) is 9.18 Å². The summed E-state index contributed by atoms with van der Waals surface area (Å²) < 4.78 is 19.4. The highest BCUT2D eigenvalue weighted by Gasteiger charge is 2.21. The Bertz CT molecular complexity index is 495. The molecule has 5 heteroatoms. The summed E-state index contributed by atoms with van der Waals surface area (Å²) in [5, 5.41) is 2.94. The van der Waals surface area contributed by atoms with Crippen molar-refractivity contribution in [3.05, 3.63) is 34.6 Å². The average Bonchev–Trinajstić information content (AvgIpc) is 2.45. The summed E-state index contributed by atoms with van der Waals surface area (Å²) in [5.74, 6) is -0.477. The van der Waals surface area contributed by atoms with E-state index in [1.807, 2.05) is 0 Å². The molecule has 0 aromatic heterocycles. The molecule has 0 spiro atoms. The number of halogens is 2. The quantitative estimate of drug-likeness (QED) is 0.840. The molecular weight excluding hydrogens is 293 g/mol. The number of amides is 1. The van der Waals surface area contributed by atoms with Gasteiger partial charge in [0.15, 0.2) is 0 Å². The van der Waals surface area contributed by atoms with Crippen LogP contribution in [0.5, 0.6) is 0 Å². The number of benzene rings is 1. The standard InChI is InChI=1S/C16H21ClFNO2/c1-11-4-2-3-5-15(11)21-9-8-19-16(20)13-7-6-12(17)10-14(13)18/h6-7,10-11,15H,2-5,8-9H2,1H3,(H,19,20). The second kappa shape index (κ2) is 7.76. The van der Waals surface area contributed by atoms with Crippen LogP contribution in [-0.4, -0.2) is 25.2 Å². The lowest BCUT2D eigenvalue weighted by Gasteiger charge is -2.28. The Kier molecular flexibility index (Phi) is 6.00. The molecule has 1 N–H and O–H groups in total. The van der Waals surface area contributed by atoms with Crippen molar-refractivity contribution in [1.82, 2.24) is 5.32 Å². The largest absolute Gasteiger partial charge is 0.376 e. The van der Waals surface area contributed by atoms with Crippen molar-refractivity contribution in [1.29, 1.82) is 0 Å². The number of carbonyl (C=O) groups excluding carboxylic acids is 1. The van der Waals surface area contributed by atoms with Gasteiger partial charge in [0.05, 0.1) is 18.3 Å². The molecular formula is C16H21ClFNO2. The fourth-order valence-corrected chi connectivity index (χ4v) is 2.83. The first-order valence-corrected chi connectivity index (χ1v) is 7.80. The molecule has 1 aromatic rings. The van der Waals surface area contributed by atoms with Gasteiger partial charge < -0.3 is 10.1 Å². The molecule has 1 aromatic carbocycles. The predicted molar refractivity (Wildman–Crippen MR) is 81.1 cm³/mol. The van der Waals surface area contributed by atoms with E-state index in [1.165, 1.54) is 31.4 Å². The van der Waals surface area contributed by atoms with Crippen molar-refractivity contribution in [3.8, 4) is 0 Å². The SMILES string of the molecule is CC1CCCCC1OCCNC(=O)c1ccc(Cl)cc1F. The van der Waals surface area contributed by atoms with E-state index in [4.69, 9.17) is 16.3 Å². The lowest BCUT2D eigenvalue weighted by atomic mass is 9.88. The van der Waals surface area contributed by atoms with Crippen LogP contribution in [0.4, 0.5) is 4.39 Å². The molecule has 2 unspecified atom stereocenters. The number of hydrogen-bond donors (Lipinski definition) is 1. The molecule has 1 amide bonds. The van der Waals surface area contributed by atoms with Crippen LogP contribution in [-0.2, 0) is 4.74 Å². The number of nitrogens with one attached hydrogen (secondary N) is 1. The third kappa shape index (κ3) is 4.68. The molecule has 0 bridgehead atoms. The van der Waals surface area contributed by atoms with E-state index in [0.717, 1.165) is 12.5 Å². The van der Waals surface area contributed by atoms with Crippen molar-refractivity contribution >= 4 is 17.5 Å². The molecule has 116 valence electrons. The number of carbonyl (C=O) groups is 1. The second-order valence-corrected chi connectivity index (χ2v) is 5.99. The van der Waals surface area contributed by atoms with Crippen molar-refractivity contribution in [3.63, 3.8) is 0 Å². The first kappa shape index (κ1) is 16.2. The first-order chi connectivity index (χ1) is 10.1. The van der Waals surface area contributed by atoms with Crippen molar-refractivity contribution < 1.29 is 13.9 Å². The third-order valence-electron chi connectivity index (χ3n) is 3.93. The van der Waals surface area contributed by atoms with Crippen LogP contribution in [0, 0.1) is 11.7 Å². The van der Waals surface area contributed by atoms with Crippen LogP contribution in [0.15, 0.2) is 18.2 Å². The minimum absolute atomic E-state index is 0.00503. The van der Waals surface area contributed by atoms with E-state index in [2.05, 4.69) is 12.2 Å². The van der Waals surface area contributed by atoms with E-state index in [1.54, 1.807) is 0 Å². The highest BCUT2D eigenvalue weighted by Crippen LogP contribution is 2.26. The smallest absolute Gasteiger partial charge is 0.254 e. The van der Waals surface area contributed by atoms with Crippen LogP contribution in [0.25, 0.3) is 0 Å². The topological polar surface area (TPSA) is 38.3 Å². The summed E-state index contributed by atoms with van der Waals surface area (Å²) in [6.45, 7) is 3.03. The van der Waals surface area contributed by atoms with Gasteiger partial charge in [0, 0.05) is 11.6 Å². The van der Waals surface area contributed by atoms with Crippen LogP contribution >= 0.6 is 11.6 Å². The molecule has 0 saturated heterocycles. The van der Waals surface area contributed by atoms with Crippen LogP contribution in [0.3, 0.4) is 0 Å². The summed E-state index contributed by atoms with van der Waals surface area (Å²) >= 11 is 5.66. The Balaban J connectivity index is 1.74. The molecule has 2 rings (SSSR count). The fourth-order valence-electron chi connectivity index (χ4n) is 2.67. The average molecular weight is 314 g/mol. The molecule has 1 saturated carbocycles. The van der Waals surface area contributed by atoms with Gasteiger partial charge in [-0.25, -0.2) is 4.39 Å². The van der Waals surface area contributed by atoms with Crippen molar-refractivity contribution in [2.45, 2.75) is 38.7 Å². The molecule has 0 aliphatic heterocycles. The molecule has 0 radical (unpaired) electrons. The van der Waals surface area contributed by atoms with Gasteiger partial charge >= 0.3 is 0 Å². The van der Waals surface area contributed by atoms with E-state index in [0.29, 0.717) is 19.1 Å². The van der Waals surface area contributed by atoms with E-state index < -0.39 is 11.7 Å². The highest BCUT2D eigenvalue weighted by atomic mass is 35.5. The van der Waals surface area contributed by atoms with Gasteiger partial charge in [0.1, 0.15) is 5.82 Å². The number of ether oxygens (including phenoxy) is 1. The summed E-state index contributed by atoms with van der Waals surface area (Å²) in [5.41, 5.74) is 0.00503. The normalized spacial score (nSPS) is 22.0. The summed E-state index contributed by atoms with van der Waals surface area (Å²) in [6, 6.07) is 4.02. The zero-order valence-electron chi connectivity index (χ0n) is 12.2. The van der Waals surface area contributed by atoms with Crippen molar-refractivity contribution in [2.24, 2.45) is 5.92 Å². The highest BCUT2D eigenvalue weighted by molar-refractivity contribution is 6.30. The maximum absolute atomic E-state index is 13.6. The van der Waals surface area contributed by atoms with Crippen molar-refractivity contribution in [2.75, 3.05) is 13.2 Å². The molecule has 0 heterocycles. The molecule has 3 nitrogen and oxygen atoms in total. The van der Waals surface area contributed by atoms with Gasteiger partial charge in [-0.05, 0) is 37.0 Å². The van der Waals surface area contributed by atoms with Gasteiger partial charge in [-0.15, -0.1) is 0 Å². The maximum atomic E-state index is 13.6. The van der Waals surface area contributed by atoms with Crippen LogP contribution in [0.2, 0.25) is 5.02 Å². The first-order valence-electron chi connectivity index (χ1n) is 7.43. The van der Waals surface area contributed by atoms with Crippen LogP contribution in [0.1, 0.15) is 43.0 Å². The summed E-state index contributed by atoms with van der Waals surface area (Å²) in [6.07, 6.45) is 5.04. The summed E-state index contributed by atoms with van der Waals surface area (Å²) in [4.78, 5) is 11.8. The maximum Gasteiger partial charge on any atom is 0.254 e. The Morgan fingerprint density at radius 1 is 1.43 bits per heavy atom. The summed E-state index contributed by atoms with van der Waals surface area (Å²) in [7, 11) is 0. The Morgan fingerprint density at radius 2 is 2.19 bits per heavy atom. The minimum atomic E-state index is -0.609. The van der Waals surface area contributed by atoms with Gasteiger partial charge in [-0.1, -0.05) is 31.4 Å². The zero-order chi connectivity index (χ0) is 15.2. The fraction of sp³-hybridized carbons (Fsp3) is 0.562. The van der Waals surface area contributed by atoms with Gasteiger partial charge in [0.25, 0.3) is 5.91 Å². The molecule has 1 aliphatic rings. The third-order valence-corrected chi connectivity index (χ3v) is 4.16. The van der Waals surface area contributed by atoms with Gasteiger partial charge in [0.2, 0.25) is 0 Å². The second-order valence-electron chi connectivity index (χ2n) is 5.55. The lowest BCUT2D eigenvalue weighted by molar-refractivity contribution is -0.00295. The minimum Gasteiger partial charge on any atom is -0.376 e. The van der Waals surface area contributed by atoms with Gasteiger partial charge in [-0.3, -0.25) is 4.79 Å². The van der Waals surface area contributed by atoms with E-state index >= 15 is 0 Å². The molecule has 1 fully saturated rings. The molecule has 2 atom stereocenters. The van der Waals surface area contributed by atoms with Crippen LogP contribution < -0.4 is 5.32 Å². The van der Waals surface area contributed by atoms with E-state index in [-0.39, 0.29) is 16.7 Å². The Hall–Kier alpha value is -1.13. The number of hydrogen-bond acceptors (Lipinski definition) is 2. The number of rotatable bonds is 5.